The van der Waals surface area contributed by atoms with E-state index in [4.69, 9.17) is 4.98 Å². The Balaban J connectivity index is 1.14. The molecular formula is C29H31N9. The summed E-state index contributed by atoms with van der Waals surface area (Å²) in [5.74, 6) is 1.39. The van der Waals surface area contributed by atoms with Gasteiger partial charge in [0.05, 0.1) is 12.2 Å². The Kier molecular flexibility index (Phi) is 6.84. The van der Waals surface area contributed by atoms with Crippen LogP contribution in [0.25, 0.3) is 11.3 Å². The predicted octanol–water partition coefficient (Wildman–Crippen LogP) is 3.83. The molecule has 1 fully saturated rings. The highest BCUT2D eigenvalue weighted by Gasteiger charge is 2.19. The normalized spacial score (nSPS) is 15.8. The first-order chi connectivity index (χ1) is 18.7. The quantitative estimate of drug-likeness (QED) is 0.350. The third kappa shape index (κ3) is 5.44. The summed E-state index contributed by atoms with van der Waals surface area (Å²) in [4.78, 5) is 14.0. The van der Waals surface area contributed by atoms with E-state index in [9.17, 15) is 0 Å². The molecule has 0 bridgehead atoms. The van der Waals surface area contributed by atoms with Crippen molar-refractivity contribution in [3.63, 3.8) is 0 Å². The van der Waals surface area contributed by atoms with Crippen molar-refractivity contribution in [3.05, 3.63) is 102 Å². The second-order valence-electron chi connectivity index (χ2n) is 9.54. The van der Waals surface area contributed by atoms with Crippen molar-refractivity contribution in [1.29, 1.82) is 0 Å². The minimum absolute atomic E-state index is 0.562. The first-order valence-electron chi connectivity index (χ1n) is 12.9. The van der Waals surface area contributed by atoms with Gasteiger partial charge >= 0.3 is 0 Å². The average molecular weight is 506 g/mol. The Morgan fingerprint density at radius 2 is 1.66 bits per heavy atom. The maximum atomic E-state index is 4.79. The average Bonchev–Trinajstić information content (AvgIpc) is 3.43. The van der Waals surface area contributed by atoms with Gasteiger partial charge in [-0.25, -0.2) is 15.5 Å². The van der Waals surface area contributed by atoms with Crippen molar-refractivity contribution in [2.24, 2.45) is 5.10 Å². The summed E-state index contributed by atoms with van der Waals surface area (Å²) in [6, 6.07) is 29.0. The molecule has 3 N–H and O–H groups in total. The first kappa shape index (κ1) is 23.9. The van der Waals surface area contributed by atoms with Crippen LogP contribution in [0.3, 0.4) is 0 Å². The Morgan fingerprint density at radius 1 is 0.842 bits per heavy atom. The number of amidine groups is 1. The number of piperazine rings is 1. The molecule has 0 aliphatic carbocycles. The molecular weight excluding hydrogens is 474 g/mol. The molecule has 0 spiro atoms. The maximum Gasteiger partial charge on any atom is 0.227 e. The van der Waals surface area contributed by atoms with Crippen LogP contribution in [-0.4, -0.2) is 58.9 Å². The van der Waals surface area contributed by atoms with Gasteiger partial charge in [0.2, 0.25) is 5.95 Å². The van der Waals surface area contributed by atoms with Gasteiger partial charge in [0.25, 0.3) is 0 Å². The number of benzene rings is 3. The summed E-state index contributed by atoms with van der Waals surface area (Å²) in [5.41, 5.74) is 12.3. The first-order valence-corrected chi connectivity index (χ1v) is 12.9. The van der Waals surface area contributed by atoms with Gasteiger partial charge < -0.3 is 15.1 Å². The van der Waals surface area contributed by atoms with Crippen molar-refractivity contribution in [3.8, 4) is 11.3 Å². The van der Waals surface area contributed by atoms with Gasteiger partial charge in [0.15, 0.2) is 5.84 Å². The summed E-state index contributed by atoms with van der Waals surface area (Å²) >= 11 is 0. The van der Waals surface area contributed by atoms with Gasteiger partial charge in [-0.2, -0.15) is 0 Å². The van der Waals surface area contributed by atoms with E-state index in [1.807, 2.05) is 53.5 Å². The van der Waals surface area contributed by atoms with E-state index in [2.05, 4.69) is 79.7 Å². The molecule has 4 aromatic rings. The van der Waals surface area contributed by atoms with Gasteiger partial charge in [-0.05, 0) is 55.1 Å². The number of hydrogen-bond acceptors (Lipinski definition) is 9. The van der Waals surface area contributed by atoms with Gasteiger partial charge in [-0.1, -0.05) is 42.5 Å². The zero-order valence-corrected chi connectivity index (χ0v) is 21.4. The SMILES string of the molecule is CN1CCN(c2cccc(-c3ccnc(Nc4ccc(C5=NNNN5Cc5ccccc5)cc4)n3)c2)CC1. The molecule has 1 saturated heterocycles. The van der Waals surface area contributed by atoms with E-state index in [0.717, 1.165) is 54.5 Å². The monoisotopic (exact) mass is 505 g/mol. The second kappa shape index (κ2) is 10.9. The molecule has 0 saturated carbocycles. The van der Waals surface area contributed by atoms with Crippen molar-refractivity contribution in [2.45, 2.75) is 6.54 Å². The van der Waals surface area contributed by atoms with E-state index in [1.165, 1.54) is 11.3 Å². The second-order valence-corrected chi connectivity index (χ2v) is 9.54. The van der Waals surface area contributed by atoms with Crippen LogP contribution in [0.1, 0.15) is 11.1 Å². The summed E-state index contributed by atoms with van der Waals surface area (Å²) in [6.07, 6.45) is 1.80. The standard InChI is InChI=1S/C29H31N9/c1-36-16-18-37(19-17-36)26-9-5-8-24(20-26)27-14-15-30-29(32-27)31-25-12-10-23(11-13-25)28-33-34-35-38(28)21-22-6-3-2-4-7-22/h2-15,20,34-35H,16-19,21H2,1H3,(H,30,31,32). The van der Waals surface area contributed by atoms with Gasteiger partial charge in [0, 0.05) is 54.9 Å². The molecule has 3 aromatic carbocycles. The third-order valence-electron chi connectivity index (χ3n) is 6.85. The smallest absolute Gasteiger partial charge is 0.227 e. The van der Waals surface area contributed by atoms with Crippen LogP contribution in [0, 0.1) is 0 Å². The van der Waals surface area contributed by atoms with Gasteiger partial charge in [0.1, 0.15) is 0 Å². The minimum atomic E-state index is 0.562. The molecule has 9 nitrogen and oxygen atoms in total. The van der Waals surface area contributed by atoms with Crippen LogP contribution >= 0.6 is 0 Å². The van der Waals surface area contributed by atoms with E-state index in [-0.39, 0.29) is 0 Å². The molecule has 0 atom stereocenters. The number of rotatable bonds is 7. The van der Waals surface area contributed by atoms with Gasteiger partial charge in [-0.3, -0.25) is 5.01 Å². The van der Waals surface area contributed by atoms with E-state index < -0.39 is 0 Å². The fraction of sp³-hybridized carbons (Fsp3) is 0.207. The summed E-state index contributed by atoms with van der Waals surface area (Å²) in [6.45, 7) is 4.93. The van der Waals surface area contributed by atoms with E-state index >= 15 is 0 Å². The highest BCUT2D eigenvalue weighted by atomic mass is 15.8. The Morgan fingerprint density at radius 3 is 2.47 bits per heavy atom. The molecule has 3 heterocycles. The number of hydrogen-bond donors (Lipinski definition) is 3. The predicted molar refractivity (Wildman–Crippen MR) is 152 cm³/mol. The fourth-order valence-electron chi connectivity index (χ4n) is 4.69. The van der Waals surface area contributed by atoms with Crippen LogP contribution in [0.15, 0.2) is 96.2 Å². The highest BCUT2D eigenvalue weighted by molar-refractivity contribution is 5.99. The summed E-state index contributed by atoms with van der Waals surface area (Å²) in [5, 5.41) is 9.75. The lowest BCUT2D eigenvalue weighted by atomic mass is 10.1. The van der Waals surface area contributed by atoms with Crippen LogP contribution in [0.5, 0.6) is 0 Å². The maximum absolute atomic E-state index is 4.79. The molecule has 0 radical (unpaired) electrons. The van der Waals surface area contributed by atoms with Crippen molar-refractivity contribution in [2.75, 3.05) is 43.4 Å². The molecule has 38 heavy (non-hydrogen) atoms. The van der Waals surface area contributed by atoms with Crippen LogP contribution in [0.2, 0.25) is 0 Å². The van der Waals surface area contributed by atoms with Gasteiger partial charge in [-0.15, -0.1) is 10.6 Å². The topological polar surface area (TPSA) is 83.9 Å². The number of hydrazine groups is 2. The van der Waals surface area contributed by atoms with Crippen molar-refractivity contribution >= 4 is 23.2 Å². The zero-order chi connectivity index (χ0) is 25.7. The molecule has 0 unspecified atom stereocenters. The number of hydrazone groups is 1. The summed E-state index contributed by atoms with van der Waals surface area (Å²) < 4.78 is 0. The summed E-state index contributed by atoms with van der Waals surface area (Å²) in [7, 11) is 2.18. The van der Waals surface area contributed by atoms with Crippen LogP contribution in [0.4, 0.5) is 17.3 Å². The molecule has 2 aliphatic rings. The number of likely N-dealkylation sites (N-methyl/N-ethyl adjacent to an activating group) is 1. The Bertz CT molecular complexity index is 1400. The highest BCUT2D eigenvalue weighted by Crippen LogP contribution is 2.25. The molecule has 2 aliphatic heterocycles. The molecule has 9 heteroatoms. The van der Waals surface area contributed by atoms with Crippen LogP contribution < -0.4 is 21.3 Å². The number of nitrogens with zero attached hydrogens (tertiary/aromatic N) is 6. The van der Waals surface area contributed by atoms with E-state index in [1.54, 1.807) is 6.20 Å². The number of nitrogens with one attached hydrogen (secondary N) is 3. The van der Waals surface area contributed by atoms with Crippen LogP contribution in [-0.2, 0) is 6.54 Å². The third-order valence-corrected chi connectivity index (χ3v) is 6.85. The number of aromatic nitrogens is 2. The lowest BCUT2D eigenvalue weighted by molar-refractivity contribution is 0.288. The van der Waals surface area contributed by atoms with Crippen molar-refractivity contribution in [1.82, 2.24) is 30.9 Å². The molecule has 0 amide bonds. The Hall–Kier alpha value is -4.47. The fourth-order valence-corrected chi connectivity index (χ4v) is 4.69. The lowest BCUT2D eigenvalue weighted by Gasteiger charge is -2.34. The zero-order valence-electron chi connectivity index (χ0n) is 21.4. The Labute approximate surface area is 222 Å². The molecule has 6 rings (SSSR count). The molecule has 192 valence electrons. The largest absolute Gasteiger partial charge is 0.369 e. The minimum Gasteiger partial charge on any atom is -0.369 e. The molecule has 1 aromatic heterocycles. The lowest BCUT2D eigenvalue weighted by Crippen LogP contribution is -2.44. The van der Waals surface area contributed by atoms with E-state index in [0.29, 0.717) is 12.5 Å². The number of anilines is 3. The van der Waals surface area contributed by atoms with Crippen molar-refractivity contribution < 1.29 is 0 Å².